The molecule has 0 rings (SSSR count). The summed E-state index contributed by atoms with van der Waals surface area (Å²) in [6.07, 6.45) is 100.0. The van der Waals surface area contributed by atoms with Crippen LogP contribution in [-0.2, 0) is 28.6 Å². The fraction of sp³-hybridized carbons (Fsp3) is 0.649. The van der Waals surface area contributed by atoms with E-state index in [2.05, 4.69) is 167 Å². The van der Waals surface area contributed by atoms with Gasteiger partial charge in [-0.3, -0.25) is 14.4 Å². The molecule has 6 heteroatoms. The van der Waals surface area contributed by atoms with E-state index in [1.165, 1.54) is 109 Å². The summed E-state index contributed by atoms with van der Waals surface area (Å²) >= 11 is 0. The Kier molecular flexibility index (Phi) is 65.8. The standard InChI is InChI=1S/C77H126O6/c1-4-7-10-13-16-19-22-25-27-29-31-32-33-34-35-36-37-38-39-40-41-42-43-44-46-47-49-52-55-58-61-64-67-70-76(79)82-73-74(72-81-75(78)69-66-63-60-57-54-51-24-21-18-15-12-9-6-3)83-77(80)71-68-65-62-59-56-53-50-48-45-30-28-26-23-20-17-14-11-8-5-2/h7,10,16-17,19-21,24-28,31-32,34-35,37-38,40-41,43-44,47,49,74H,4-6,8-9,11-15,18,22-23,29-30,33,36,39,42,45-46,48,50-73H2,1-3H3/b10-7-,19-16-,20-17-,24-21-,27-25-,28-26-,32-31-,35-34-,38-37-,41-40-,44-43-,49-47-. The Bertz CT molecular complexity index is 1800. The minimum Gasteiger partial charge on any atom is -0.462 e. The van der Waals surface area contributed by atoms with Crippen molar-refractivity contribution < 1.29 is 28.6 Å². The van der Waals surface area contributed by atoms with Gasteiger partial charge in [-0.2, -0.15) is 0 Å². The second kappa shape index (κ2) is 69.8. The van der Waals surface area contributed by atoms with Crippen LogP contribution in [0.5, 0.6) is 0 Å². The van der Waals surface area contributed by atoms with Crippen LogP contribution in [-0.4, -0.2) is 37.2 Å². The topological polar surface area (TPSA) is 78.9 Å². The summed E-state index contributed by atoms with van der Waals surface area (Å²) < 4.78 is 16.9. The fourth-order valence-corrected chi connectivity index (χ4v) is 9.17. The van der Waals surface area contributed by atoms with E-state index in [-0.39, 0.29) is 31.1 Å². The van der Waals surface area contributed by atoms with Crippen LogP contribution in [0.4, 0.5) is 0 Å². The monoisotopic (exact) mass is 1150 g/mol. The third kappa shape index (κ3) is 68.0. The minimum absolute atomic E-state index is 0.0934. The highest BCUT2D eigenvalue weighted by Crippen LogP contribution is 2.15. The Morgan fingerprint density at radius 2 is 0.470 bits per heavy atom. The van der Waals surface area contributed by atoms with Gasteiger partial charge in [-0.15, -0.1) is 0 Å². The van der Waals surface area contributed by atoms with Crippen LogP contribution in [0.3, 0.4) is 0 Å². The van der Waals surface area contributed by atoms with E-state index in [4.69, 9.17) is 14.2 Å². The number of hydrogen-bond donors (Lipinski definition) is 0. The Morgan fingerprint density at radius 3 is 0.771 bits per heavy atom. The van der Waals surface area contributed by atoms with E-state index >= 15 is 0 Å². The van der Waals surface area contributed by atoms with Crippen LogP contribution in [0.25, 0.3) is 0 Å². The first-order valence-corrected chi connectivity index (χ1v) is 34.3. The SMILES string of the molecule is CC/C=C\C/C=C\C/C=C\C/C=C\C/C=C\C/C=C\C/C=C\C/C=C\C/C=C\CCCCCCCC(=O)OCC(COC(=O)CCCCCCC/C=C\CCCCCC)OC(=O)CCCCCCCCCCC/C=C\C/C=C\CCCCC. The highest BCUT2D eigenvalue weighted by Gasteiger charge is 2.19. The zero-order chi connectivity index (χ0) is 59.9. The third-order valence-electron chi connectivity index (χ3n) is 14.3. The maximum absolute atomic E-state index is 12.9. The molecule has 6 nitrogen and oxygen atoms in total. The number of hydrogen-bond acceptors (Lipinski definition) is 6. The number of ether oxygens (including phenoxy) is 3. The third-order valence-corrected chi connectivity index (χ3v) is 14.3. The van der Waals surface area contributed by atoms with E-state index in [1.54, 1.807) is 0 Å². The van der Waals surface area contributed by atoms with Gasteiger partial charge in [-0.25, -0.2) is 0 Å². The zero-order valence-corrected chi connectivity index (χ0v) is 53.9. The zero-order valence-electron chi connectivity index (χ0n) is 53.9. The summed E-state index contributed by atoms with van der Waals surface area (Å²) in [5, 5.41) is 0. The largest absolute Gasteiger partial charge is 0.462 e. The number of carbonyl (C=O) groups excluding carboxylic acids is 3. The molecule has 0 radical (unpaired) electrons. The van der Waals surface area contributed by atoms with Crippen molar-refractivity contribution in [2.24, 2.45) is 0 Å². The van der Waals surface area contributed by atoms with Crippen LogP contribution in [0.15, 0.2) is 146 Å². The van der Waals surface area contributed by atoms with Crippen LogP contribution < -0.4 is 0 Å². The molecule has 470 valence electrons. The molecule has 0 aromatic heterocycles. The lowest BCUT2D eigenvalue weighted by atomic mass is 10.1. The Balaban J connectivity index is 4.35. The average molecular weight is 1150 g/mol. The van der Waals surface area contributed by atoms with Crippen molar-refractivity contribution in [3.8, 4) is 0 Å². The summed E-state index contributed by atoms with van der Waals surface area (Å²) in [5.74, 6) is -0.922. The van der Waals surface area contributed by atoms with Crippen LogP contribution in [0.2, 0.25) is 0 Å². The lowest BCUT2D eigenvalue weighted by Crippen LogP contribution is -2.30. The van der Waals surface area contributed by atoms with Crippen molar-refractivity contribution >= 4 is 17.9 Å². The van der Waals surface area contributed by atoms with Crippen LogP contribution in [0, 0.1) is 0 Å². The van der Waals surface area contributed by atoms with Crippen LogP contribution >= 0.6 is 0 Å². The number of esters is 3. The summed E-state index contributed by atoms with van der Waals surface area (Å²) in [4.78, 5) is 38.4. The molecule has 83 heavy (non-hydrogen) atoms. The highest BCUT2D eigenvalue weighted by atomic mass is 16.6. The van der Waals surface area contributed by atoms with E-state index in [1.807, 2.05) is 0 Å². The quantitative estimate of drug-likeness (QED) is 0.0261. The van der Waals surface area contributed by atoms with Gasteiger partial charge in [-0.1, -0.05) is 282 Å². The Morgan fingerprint density at radius 1 is 0.253 bits per heavy atom. The van der Waals surface area contributed by atoms with Gasteiger partial charge in [0, 0.05) is 19.3 Å². The highest BCUT2D eigenvalue weighted by molar-refractivity contribution is 5.71. The number of allylic oxidation sites excluding steroid dienone is 24. The predicted octanol–water partition coefficient (Wildman–Crippen LogP) is 23.9. The summed E-state index contributed by atoms with van der Waals surface area (Å²) in [6.45, 7) is 6.47. The van der Waals surface area contributed by atoms with Gasteiger partial charge in [0.05, 0.1) is 0 Å². The lowest BCUT2D eigenvalue weighted by Gasteiger charge is -2.18. The fourth-order valence-electron chi connectivity index (χ4n) is 9.17. The van der Waals surface area contributed by atoms with E-state index < -0.39 is 6.10 Å². The lowest BCUT2D eigenvalue weighted by molar-refractivity contribution is -0.167. The predicted molar refractivity (Wildman–Crippen MR) is 362 cm³/mol. The maximum atomic E-state index is 12.9. The first-order valence-electron chi connectivity index (χ1n) is 34.3. The minimum atomic E-state index is -0.798. The molecule has 0 fully saturated rings. The van der Waals surface area contributed by atoms with Gasteiger partial charge in [-0.05, 0) is 148 Å². The number of unbranched alkanes of at least 4 members (excludes halogenated alkanes) is 26. The molecule has 0 saturated heterocycles. The van der Waals surface area contributed by atoms with Crippen molar-refractivity contribution in [3.63, 3.8) is 0 Å². The molecule has 0 aromatic carbocycles. The normalized spacial score (nSPS) is 13.0. The first kappa shape index (κ1) is 78.3. The van der Waals surface area contributed by atoms with E-state index in [0.717, 1.165) is 154 Å². The van der Waals surface area contributed by atoms with Gasteiger partial charge in [0.25, 0.3) is 0 Å². The molecule has 0 aromatic rings. The van der Waals surface area contributed by atoms with Crippen molar-refractivity contribution in [3.05, 3.63) is 146 Å². The Labute approximate surface area is 512 Å². The smallest absolute Gasteiger partial charge is 0.306 e. The molecule has 0 spiro atoms. The molecule has 0 bridgehead atoms. The molecule has 0 heterocycles. The van der Waals surface area contributed by atoms with Crippen molar-refractivity contribution in [2.75, 3.05) is 13.2 Å². The van der Waals surface area contributed by atoms with Gasteiger partial charge in [0.15, 0.2) is 6.10 Å². The molecular weight excluding hydrogens is 1020 g/mol. The number of carbonyl (C=O) groups is 3. The molecule has 0 aliphatic carbocycles. The second-order valence-corrected chi connectivity index (χ2v) is 22.3. The number of rotatable bonds is 61. The maximum Gasteiger partial charge on any atom is 0.306 e. The second-order valence-electron chi connectivity index (χ2n) is 22.3. The van der Waals surface area contributed by atoms with Gasteiger partial charge < -0.3 is 14.2 Å². The van der Waals surface area contributed by atoms with E-state index in [9.17, 15) is 14.4 Å². The summed E-state index contributed by atoms with van der Waals surface area (Å²) in [6, 6.07) is 0. The summed E-state index contributed by atoms with van der Waals surface area (Å²) in [7, 11) is 0. The molecule has 0 aliphatic heterocycles. The van der Waals surface area contributed by atoms with Crippen molar-refractivity contribution in [2.45, 2.75) is 309 Å². The Hall–Kier alpha value is -4.71. The first-order chi connectivity index (χ1) is 41.0. The molecule has 0 N–H and O–H groups in total. The molecule has 0 amide bonds. The summed E-state index contributed by atoms with van der Waals surface area (Å²) in [5.41, 5.74) is 0. The molecule has 1 unspecified atom stereocenters. The molecular formula is C77H126O6. The van der Waals surface area contributed by atoms with Gasteiger partial charge in [0.1, 0.15) is 13.2 Å². The molecule has 0 aliphatic rings. The van der Waals surface area contributed by atoms with Gasteiger partial charge in [0.2, 0.25) is 0 Å². The van der Waals surface area contributed by atoms with E-state index in [0.29, 0.717) is 19.3 Å². The molecule has 0 saturated carbocycles. The average Bonchev–Trinajstić information content (AvgIpc) is 3.49. The van der Waals surface area contributed by atoms with Gasteiger partial charge >= 0.3 is 17.9 Å². The van der Waals surface area contributed by atoms with Crippen molar-refractivity contribution in [1.29, 1.82) is 0 Å². The van der Waals surface area contributed by atoms with Crippen LogP contribution in [0.1, 0.15) is 303 Å². The van der Waals surface area contributed by atoms with Crippen molar-refractivity contribution in [1.82, 2.24) is 0 Å². The molecule has 1 atom stereocenters.